The van der Waals surface area contributed by atoms with Gasteiger partial charge in [0.1, 0.15) is 0 Å². The number of rotatable bonds is 2. The van der Waals surface area contributed by atoms with Crippen molar-refractivity contribution >= 4 is 29.2 Å². The van der Waals surface area contributed by atoms with E-state index < -0.39 is 7.69 Å². The maximum Gasteiger partial charge on any atom is 0.432 e. The van der Waals surface area contributed by atoms with Crippen molar-refractivity contribution in [3.8, 4) is 33.4 Å². The molecule has 4 aromatic carbocycles. The van der Waals surface area contributed by atoms with Crippen molar-refractivity contribution < 1.29 is 10.0 Å². The second-order valence-corrected chi connectivity index (χ2v) is 7.08. The summed E-state index contributed by atoms with van der Waals surface area (Å²) in [7, 11) is -0.750. The maximum atomic E-state index is 7.12. The van der Waals surface area contributed by atoms with Gasteiger partial charge in [-0.1, -0.05) is 97.1 Å². The Morgan fingerprint density at radius 3 is 1.59 bits per heavy atom. The molecule has 0 saturated heterocycles. The summed E-state index contributed by atoms with van der Waals surface area (Å²) < 4.78 is 0. The lowest BCUT2D eigenvalue weighted by atomic mass is 9.72. The predicted octanol–water partition coefficient (Wildman–Crippen LogP) is 5.54. The highest BCUT2D eigenvalue weighted by Gasteiger charge is 2.29. The molecule has 2 aliphatic carbocycles. The molecule has 0 aliphatic heterocycles. The van der Waals surface area contributed by atoms with Gasteiger partial charge in [0.15, 0.2) is 0 Å². The van der Waals surface area contributed by atoms with E-state index in [-0.39, 0.29) is 0 Å². The van der Waals surface area contributed by atoms with Gasteiger partial charge in [0, 0.05) is 0 Å². The van der Waals surface area contributed by atoms with Crippen molar-refractivity contribution in [2.24, 2.45) is 0 Å². The first kappa shape index (κ1) is 17.7. The summed E-state index contributed by atoms with van der Waals surface area (Å²) >= 11 is 0. The number of benzene rings is 5. The maximum absolute atomic E-state index is 7.12. The zero-order valence-electron chi connectivity index (χ0n) is 15.8. The van der Waals surface area contributed by atoms with Crippen LogP contribution in [0.5, 0.6) is 0 Å². The third-order valence-electron chi connectivity index (χ3n) is 5.59. The second kappa shape index (κ2) is 7.21. The van der Waals surface area contributed by atoms with Crippen LogP contribution in [0.2, 0.25) is 0 Å². The van der Waals surface area contributed by atoms with E-state index in [9.17, 15) is 0 Å². The lowest BCUT2D eigenvalue weighted by Gasteiger charge is -2.30. The summed E-state index contributed by atoms with van der Waals surface area (Å²) in [5, 5.41) is 19.9. The highest BCUT2D eigenvalue weighted by molar-refractivity contribution is 6.38. The zero-order valence-corrected chi connectivity index (χ0v) is 15.8. The number of fused-ring (bicyclic) bond motifs is 7. The van der Waals surface area contributed by atoms with Crippen molar-refractivity contribution in [1.29, 1.82) is 0 Å². The summed E-state index contributed by atoms with van der Waals surface area (Å²) in [6.07, 6.45) is 0. The fourth-order valence-electron chi connectivity index (χ4n) is 4.44. The average molecular weight is 374 g/mol. The summed E-state index contributed by atoms with van der Waals surface area (Å²) in [5.74, 6) is 0. The van der Waals surface area contributed by atoms with Gasteiger partial charge >= 0.3 is 7.69 Å². The van der Waals surface area contributed by atoms with E-state index >= 15 is 0 Å². The molecule has 3 heteroatoms. The van der Waals surface area contributed by atoms with Gasteiger partial charge in [-0.15, -0.1) is 0 Å². The van der Waals surface area contributed by atoms with E-state index in [0.29, 0.717) is 0 Å². The normalized spacial score (nSPS) is 11.1. The van der Waals surface area contributed by atoms with Crippen LogP contribution in [-0.2, 0) is 0 Å². The van der Waals surface area contributed by atoms with E-state index in [2.05, 4.69) is 97.1 Å². The summed E-state index contributed by atoms with van der Waals surface area (Å²) in [4.78, 5) is 0. The molecule has 0 radical (unpaired) electrons. The van der Waals surface area contributed by atoms with Crippen molar-refractivity contribution in [3.63, 3.8) is 0 Å². The lowest BCUT2D eigenvalue weighted by molar-refractivity contribution is 0.448. The molecule has 0 saturated carbocycles. The Morgan fingerprint density at radius 2 is 0.966 bits per heavy atom. The molecule has 0 amide bonds. The van der Waals surface area contributed by atoms with Crippen molar-refractivity contribution in [2.75, 3.05) is 0 Å². The standard InChI is InChI=1S/C26H16.BH3O2/c1-3-9-17(10-4-1)19-15-16-22-24-20-13-7-8-14-21(20)25(24)26(22)23(19)18-11-5-2-6-12-18;2-1-3/h1-16H;1-3H. The van der Waals surface area contributed by atoms with Crippen LogP contribution < -0.4 is 0 Å². The number of hydrogen-bond donors (Lipinski definition) is 2. The van der Waals surface area contributed by atoms with Crippen LogP contribution >= 0.6 is 0 Å². The van der Waals surface area contributed by atoms with Crippen molar-refractivity contribution in [2.45, 2.75) is 0 Å². The highest BCUT2D eigenvalue weighted by Crippen LogP contribution is 2.57. The SMILES string of the molecule is OBO.c1ccc(-c2ccc3c4c5ccccc5c-4c3c2-c2ccccc2)cc1. The van der Waals surface area contributed by atoms with Crippen LogP contribution in [0.4, 0.5) is 0 Å². The van der Waals surface area contributed by atoms with Crippen LogP contribution in [-0.4, -0.2) is 17.7 Å². The molecule has 138 valence electrons. The van der Waals surface area contributed by atoms with E-state index in [1.54, 1.807) is 0 Å². The molecule has 0 fully saturated rings. The van der Waals surface area contributed by atoms with Gasteiger partial charge in [0.25, 0.3) is 0 Å². The van der Waals surface area contributed by atoms with Gasteiger partial charge in [0.2, 0.25) is 0 Å². The molecule has 0 unspecified atom stereocenters. The first-order valence-electron chi connectivity index (χ1n) is 9.69. The molecule has 0 heterocycles. The molecule has 0 spiro atoms. The van der Waals surface area contributed by atoms with Crippen LogP contribution in [0, 0.1) is 0 Å². The molecule has 6 rings (SSSR count). The van der Waals surface area contributed by atoms with Gasteiger partial charge in [-0.2, -0.15) is 0 Å². The summed E-state index contributed by atoms with van der Waals surface area (Å²) in [6, 6.07) is 34.9. The molecular weight excluding hydrogens is 355 g/mol. The Hall–Kier alpha value is -3.40. The molecule has 29 heavy (non-hydrogen) atoms. The minimum absolute atomic E-state index is 0.750. The smallest absolute Gasteiger partial charge is 0.430 e. The Bertz CT molecular complexity index is 1330. The molecule has 0 atom stereocenters. The fourth-order valence-corrected chi connectivity index (χ4v) is 4.44. The molecule has 4 aromatic rings. The Morgan fingerprint density at radius 1 is 0.448 bits per heavy atom. The summed E-state index contributed by atoms with van der Waals surface area (Å²) in [5.41, 5.74) is 8.14. The number of hydrogen-bond acceptors (Lipinski definition) is 2. The molecule has 0 aromatic heterocycles. The van der Waals surface area contributed by atoms with Gasteiger partial charge in [-0.05, 0) is 54.9 Å². The highest BCUT2D eigenvalue weighted by atomic mass is 16.4. The monoisotopic (exact) mass is 374 g/mol. The Kier molecular flexibility index (Phi) is 4.40. The van der Waals surface area contributed by atoms with Crippen molar-refractivity contribution in [3.05, 3.63) is 97.1 Å². The molecular formula is C26H19BO2. The predicted molar refractivity (Wildman–Crippen MR) is 123 cm³/mol. The second-order valence-electron chi connectivity index (χ2n) is 7.08. The topological polar surface area (TPSA) is 40.5 Å². The summed E-state index contributed by atoms with van der Waals surface area (Å²) in [6.45, 7) is 0. The lowest BCUT2D eigenvalue weighted by Crippen LogP contribution is -2.02. The van der Waals surface area contributed by atoms with Crippen molar-refractivity contribution in [1.82, 2.24) is 0 Å². The molecule has 2 N–H and O–H groups in total. The minimum atomic E-state index is -0.750. The molecule has 2 aliphatic rings. The van der Waals surface area contributed by atoms with E-state index in [1.165, 1.54) is 54.9 Å². The quantitative estimate of drug-likeness (QED) is 0.308. The third-order valence-corrected chi connectivity index (χ3v) is 5.59. The van der Waals surface area contributed by atoms with Gasteiger partial charge in [-0.3, -0.25) is 0 Å². The Labute approximate surface area is 170 Å². The van der Waals surface area contributed by atoms with Gasteiger partial charge < -0.3 is 10.0 Å². The average Bonchev–Trinajstić information content (AvgIpc) is 2.75. The van der Waals surface area contributed by atoms with E-state index in [0.717, 1.165) is 0 Å². The largest absolute Gasteiger partial charge is 0.432 e. The van der Waals surface area contributed by atoms with Gasteiger partial charge in [-0.25, -0.2) is 0 Å². The molecule has 2 nitrogen and oxygen atoms in total. The first-order chi connectivity index (χ1) is 14.3. The van der Waals surface area contributed by atoms with E-state index in [4.69, 9.17) is 10.0 Å². The fraction of sp³-hybridized carbons (Fsp3) is 0. The Balaban J connectivity index is 0.000000573. The van der Waals surface area contributed by atoms with Crippen LogP contribution in [0.15, 0.2) is 97.1 Å². The van der Waals surface area contributed by atoms with Crippen LogP contribution in [0.25, 0.3) is 54.9 Å². The first-order valence-corrected chi connectivity index (χ1v) is 9.69. The molecule has 0 bridgehead atoms. The van der Waals surface area contributed by atoms with Crippen LogP contribution in [0.1, 0.15) is 0 Å². The zero-order chi connectivity index (χ0) is 19.8. The van der Waals surface area contributed by atoms with E-state index in [1.807, 2.05) is 0 Å². The van der Waals surface area contributed by atoms with Gasteiger partial charge in [0.05, 0.1) is 0 Å². The minimum Gasteiger partial charge on any atom is -0.430 e. The van der Waals surface area contributed by atoms with Crippen LogP contribution in [0.3, 0.4) is 0 Å². The third kappa shape index (κ3) is 2.67.